The van der Waals surface area contributed by atoms with E-state index in [1.54, 1.807) is 0 Å². The van der Waals surface area contributed by atoms with E-state index in [1.165, 1.54) is 36.9 Å². The number of rotatable bonds is 4. The largest absolute Gasteiger partial charge is 0.443 e. The summed E-state index contributed by atoms with van der Waals surface area (Å²) in [4.78, 5) is 20.7. The van der Waals surface area contributed by atoms with E-state index in [1.807, 2.05) is 0 Å². The summed E-state index contributed by atoms with van der Waals surface area (Å²) in [6, 6.07) is 7.21. The SMILES string of the molecule is O=C(Nc1cnc(-c2ncco2)c(Cl)c1)c1cc(F)c(-c2ccc(F)cc2Cl)cc1Cl. The Bertz CT molecular complexity index is 1300. The molecule has 5 nitrogen and oxygen atoms in total. The van der Waals surface area contributed by atoms with Gasteiger partial charge in [-0.2, -0.15) is 0 Å². The lowest BCUT2D eigenvalue weighted by Crippen LogP contribution is -2.13. The molecule has 10 heteroatoms. The van der Waals surface area contributed by atoms with Crippen LogP contribution in [0.3, 0.4) is 0 Å². The zero-order chi connectivity index (χ0) is 22.1. The summed E-state index contributed by atoms with van der Waals surface area (Å²) in [5.74, 6) is -1.76. The second kappa shape index (κ2) is 8.63. The third kappa shape index (κ3) is 4.39. The number of oxazole rings is 1. The molecule has 4 aromatic rings. The molecular weight excluding hydrogens is 471 g/mol. The highest BCUT2D eigenvalue weighted by Crippen LogP contribution is 2.34. The van der Waals surface area contributed by atoms with Gasteiger partial charge in [0.25, 0.3) is 5.91 Å². The lowest BCUT2D eigenvalue weighted by Gasteiger charge is -2.11. The maximum atomic E-state index is 14.7. The molecule has 4 rings (SSSR count). The van der Waals surface area contributed by atoms with Crippen LogP contribution >= 0.6 is 34.8 Å². The Hall–Kier alpha value is -3.00. The summed E-state index contributed by atoms with van der Waals surface area (Å²) in [5, 5.41) is 2.74. The minimum Gasteiger partial charge on any atom is -0.443 e. The molecule has 0 aliphatic heterocycles. The number of benzene rings is 2. The number of carbonyl (C=O) groups is 1. The van der Waals surface area contributed by atoms with Gasteiger partial charge in [0.05, 0.1) is 38.7 Å². The van der Waals surface area contributed by atoms with Gasteiger partial charge in [0.15, 0.2) is 0 Å². The third-order valence-electron chi connectivity index (χ3n) is 4.26. The van der Waals surface area contributed by atoms with Crippen LogP contribution in [0, 0.1) is 11.6 Å². The number of anilines is 1. The minimum absolute atomic E-state index is 0.0130. The fourth-order valence-electron chi connectivity index (χ4n) is 2.84. The molecule has 0 unspecified atom stereocenters. The summed E-state index contributed by atoms with van der Waals surface area (Å²) >= 11 is 18.4. The van der Waals surface area contributed by atoms with Crippen molar-refractivity contribution in [3.63, 3.8) is 0 Å². The quantitative estimate of drug-likeness (QED) is 0.345. The monoisotopic (exact) mass is 479 g/mol. The van der Waals surface area contributed by atoms with Crippen LogP contribution in [-0.4, -0.2) is 15.9 Å². The first-order valence-electron chi connectivity index (χ1n) is 8.64. The van der Waals surface area contributed by atoms with E-state index in [4.69, 9.17) is 39.2 Å². The smallest absolute Gasteiger partial charge is 0.257 e. The Kier molecular flexibility index (Phi) is 5.91. The number of pyridine rings is 1. The molecule has 0 fully saturated rings. The predicted octanol–water partition coefficient (Wildman–Crippen LogP) is 6.89. The topological polar surface area (TPSA) is 68.0 Å². The number of amides is 1. The average Bonchev–Trinajstić information content (AvgIpc) is 3.24. The number of hydrogen-bond donors (Lipinski definition) is 1. The standard InChI is InChI=1S/C21H10Cl3F2N3O2/c22-15-5-10(25)1-2-12(15)13-7-16(23)14(8-18(13)26)20(30)29-11-6-17(24)19(28-9-11)21-27-3-4-31-21/h1-9H,(H,29,30). The van der Waals surface area contributed by atoms with Crippen molar-refractivity contribution in [3.05, 3.63) is 87.3 Å². The van der Waals surface area contributed by atoms with Crippen LogP contribution in [-0.2, 0) is 0 Å². The Labute approximate surface area is 189 Å². The molecule has 0 aliphatic rings. The van der Waals surface area contributed by atoms with Crippen molar-refractivity contribution in [1.29, 1.82) is 0 Å². The summed E-state index contributed by atoms with van der Waals surface area (Å²) in [7, 11) is 0. The lowest BCUT2D eigenvalue weighted by molar-refractivity contribution is 0.102. The summed E-state index contributed by atoms with van der Waals surface area (Å²) < 4.78 is 33.1. The highest BCUT2D eigenvalue weighted by Gasteiger charge is 2.19. The molecule has 0 atom stereocenters. The first-order valence-corrected chi connectivity index (χ1v) is 9.78. The van der Waals surface area contributed by atoms with Crippen molar-refractivity contribution in [2.45, 2.75) is 0 Å². The molecule has 156 valence electrons. The van der Waals surface area contributed by atoms with Gasteiger partial charge in [0.1, 0.15) is 23.6 Å². The van der Waals surface area contributed by atoms with Crippen LogP contribution in [0.1, 0.15) is 10.4 Å². The molecule has 0 radical (unpaired) electrons. The molecule has 2 aromatic heterocycles. The van der Waals surface area contributed by atoms with E-state index < -0.39 is 17.5 Å². The molecule has 1 amide bonds. The maximum absolute atomic E-state index is 14.7. The van der Waals surface area contributed by atoms with Gasteiger partial charge < -0.3 is 9.73 Å². The van der Waals surface area contributed by atoms with Crippen molar-refractivity contribution >= 4 is 46.4 Å². The fraction of sp³-hybridized carbons (Fsp3) is 0. The lowest BCUT2D eigenvalue weighted by atomic mass is 10.0. The van der Waals surface area contributed by atoms with Crippen LogP contribution < -0.4 is 5.32 Å². The number of carbonyl (C=O) groups excluding carboxylic acids is 1. The summed E-state index contributed by atoms with van der Waals surface area (Å²) in [6.07, 6.45) is 4.17. The van der Waals surface area contributed by atoms with Crippen LogP contribution in [0.4, 0.5) is 14.5 Å². The molecule has 2 aromatic carbocycles. The van der Waals surface area contributed by atoms with E-state index in [9.17, 15) is 13.6 Å². The van der Waals surface area contributed by atoms with Crippen LogP contribution in [0.15, 0.2) is 59.5 Å². The zero-order valence-corrected chi connectivity index (χ0v) is 17.6. The highest BCUT2D eigenvalue weighted by molar-refractivity contribution is 6.36. The highest BCUT2D eigenvalue weighted by atomic mass is 35.5. The second-order valence-corrected chi connectivity index (χ2v) is 7.50. The molecule has 0 saturated heterocycles. The van der Waals surface area contributed by atoms with Crippen molar-refractivity contribution in [3.8, 4) is 22.7 Å². The van der Waals surface area contributed by atoms with Gasteiger partial charge in [-0.1, -0.05) is 34.8 Å². The average molecular weight is 481 g/mol. The van der Waals surface area contributed by atoms with Crippen molar-refractivity contribution < 1.29 is 18.0 Å². The van der Waals surface area contributed by atoms with E-state index in [0.717, 1.165) is 18.2 Å². The number of halogens is 5. The maximum Gasteiger partial charge on any atom is 0.257 e. The second-order valence-electron chi connectivity index (χ2n) is 6.28. The van der Waals surface area contributed by atoms with Gasteiger partial charge in [-0.3, -0.25) is 4.79 Å². The molecule has 2 heterocycles. The van der Waals surface area contributed by atoms with Gasteiger partial charge in [-0.15, -0.1) is 0 Å². The molecule has 0 aliphatic carbocycles. The van der Waals surface area contributed by atoms with Gasteiger partial charge in [-0.25, -0.2) is 18.7 Å². The third-order valence-corrected chi connectivity index (χ3v) is 5.17. The Morgan fingerprint density at radius 3 is 2.42 bits per heavy atom. The Morgan fingerprint density at radius 2 is 1.74 bits per heavy atom. The van der Waals surface area contributed by atoms with Crippen LogP contribution in [0.5, 0.6) is 0 Å². The number of nitrogens with zero attached hydrogens (tertiary/aromatic N) is 2. The molecule has 0 saturated carbocycles. The van der Waals surface area contributed by atoms with E-state index in [2.05, 4.69) is 15.3 Å². The fourth-order valence-corrected chi connectivity index (χ4v) is 3.60. The van der Waals surface area contributed by atoms with E-state index >= 15 is 0 Å². The van der Waals surface area contributed by atoms with Gasteiger partial charge >= 0.3 is 0 Å². The summed E-state index contributed by atoms with van der Waals surface area (Å²) in [5.41, 5.74) is 0.717. The number of nitrogens with one attached hydrogen (secondary N) is 1. The predicted molar refractivity (Wildman–Crippen MR) is 115 cm³/mol. The summed E-state index contributed by atoms with van der Waals surface area (Å²) in [6.45, 7) is 0. The molecule has 0 bridgehead atoms. The Morgan fingerprint density at radius 1 is 0.935 bits per heavy atom. The van der Waals surface area contributed by atoms with Gasteiger partial charge in [0.2, 0.25) is 5.89 Å². The first-order chi connectivity index (χ1) is 14.8. The van der Waals surface area contributed by atoms with Crippen molar-refractivity contribution in [2.24, 2.45) is 0 Å². The van der Waals surface area contributed by atoms with E-state index in [0.29, 0.717) is 5.69 Å². The van der Waals surface area contributed by atoms with E-state index in [-0.39, 0.29) is 43.3 Å². The van der Waals surface area contributed by atoms with Crippen LogP contribution in [0.25, 0.3) is 22.7 Å². The van der Waals surface area contributed by atoms with Crippen molar-refractivity contribution in [1.82, 2.24) is 9.97 Å². The van der Waals surface area contributed by atoms with Gasteiger partial charge in [0, 0.05) is 11.1 Å². The molecule has 31 heavy (non-hydrogen) atoms. The number of hydrogen-bond acceptors (Lipinski definition) is 4. The first kappa shape index (κ1) is 21.2. The van der Waals surface area contributed by atoms with Crippen LogP contribution in [0.2, 0.25) is 15.1 Å². The molecular formula is C21H10Cl3F2N3O2. The molecule has 0 spiro atoms. The number of aromatic nitrogens is 2. The minimum atomic E-state index is -0.751. The normalized spacial score (nSPS) is 10.9. The Balaban J connectivity index is 1.61. The molecule has 1 N–H and O–H groups in total. The van der Waals surface area contributed by atoms with Crippen molar-refractivity contribution in [2.75, 3.05) is 5.32 Å². The zero-order valence-electron chi connectivity index (χ0n) is 15.3. The van der Waals surface area contributed by atoms with Gasteiger partial charge in [-0.05, 0) is 36.4 Å².